The molecule has 2 atom stereocenters. The molecule has 110 valence electrons. The van der Waals surface area contributed by atoms with E-state index < -0.39 is 0 Å². The van der Waals surface area contributed by atoms with Gasteiger partial charge in [0, 0.05) is 30.6 Å². The summed E-state index contributed by atoms with van der Waals surface area (Å²) in [5.74, 6) is 2.30. The Morgan fingerprint density at radius 1 is 1.38 bits per heavy atom. The van der Waals surface area contributed by atoms with Crippen LogP contribution in [0.5, 0.6) is 11.5 Å². The maximum absolute atomic E-state index is 9.20. The number of aliphatic hydroxyl groups is 1. The molecule has 0 amide bonds. The average molecular weight is 306 g/mol. The van der Waals surface area contributed by atoms with Gasteiger partial charge in [0.05, 0.1) is 6.20 Å². The van der Waals surface area contributed by atoms with Crippen LogP contribution in [0.15, 0.2) is 36.8 Å². The Bertz CT molecular complexity index is 621. The standard InChI is InChI=1S/C15H16ClN3O2/c1-19(13-6-10(13)8-20)15-14(7-17-9-18-15)21-12-4-2-11(16)3-5-12/h2-5,7,9-10,13,20H,6,8H2,1H3. The van der Waals surface area contributed by atoms with Crippen LogP contribution in [0.3, 0.4) is 0 Å². The summed E-state index contributed by atoms with van der Waals surface area (Å²) >= 11 is 5.87. The molecule has 1 N–H and O–H groups in total. The highest BCUT2D eigenvalue weighted by Gasteiger charge is 2.41. The molecule has 1 aromatic heterocycles. The van der Waals surface area contributed by atoms with Crippen molar-refractivity contribution in [2.45, 2.75) is 12.5 Å². The Hall–Kier alpha value is -1.85. The van der Waals surface area contributed by atoms with Crippen LogP contribution in [-0.4, -0.2) is 34.8 Å². The van der Waals surface area contributed by atoms with E-state index in [0.717, 1.165) is 12.2 Å². The molecule has 0 radical (unpaired) electrons. The highest BCUT2D eigenvalue weighted by Crippen LogP contribution is 2.39. The zero-order chi connectivity index (χ0) is 14.8. The number of nitrogens with zero attached hydrogens (tertiary/aromatic N) is 3. The lowest BCUT2D eigenvalue weighted by molar-refractivity contribution is 0.273. The van der Waals surface area contributed by atoms with Crippen molar-refractivity contribution >= 4 is 17.4 Å². The zero-order valence-electron chi connectivity index (χ0n) is 11.6. The van der Waals surface area contributed by atoms with Crippen LogP contribution >= 0.6 is 11.6 Å². The molecule has 1 fully saturated rings. The van der Waals surface area contributed by atoms with E-state index in [1.165, 1.54) is 6.33 Å². The van der Waals surface area contributed by atoms with Gasteiger partial charge < -0.3 is 14.7 Å². The van der Waals surface area contributed by atoms with Crippen molar-refractivity contribution in [2.75, 3.05) is 18.6 Å². The fraction of sp³-hybridized carbons (Fsp3) is 0.333. The first kappa shape index (κ1) is 14.1. The number of hydrogen-bond acceptors (Lipinski definition) is 5. The summed E-state index contributed by atoms with van der Waals surface area (Å²) < 4.78 is 5.84. The molecule has 1 aliphatic rings. The first-order valence-electron chi connectivity index (χ1n) is 6.76. The van der Waals surface area contributed by atoms with Crippen LogP contribution in [-0.2, 0) is 0 Å². The summed E-state index contributed by atoms with van der Waals surface area (Å²) in [6.07, 6.45) is 4.11. The topological polar surface area (TPSA) is 58.5 Å². The summed E-state index contributed by atoms with van der Waals surface area (Å²) in [6, 6.07) is 7.44. The van der Waals surface area contributed by atoms with Gasteiger partial charge in [0.25, 0.3) is 0 Å². The number of ether oxygens (including phenoxy) is 1. The molecule has 1 aromatic carbocycles. The molecule has 0 bridgehead atoms. The van der Waals surface area contributed by atoms with Gasteiger partial charge >= 0.3 is 0 Å². The molecule has 21 heavy (non-hydrogen) atoms. The second-order valence-corrected chi connectivity index (χ2v) is 5.56. The van der Waals surface area contributed by atoms with Crippen molar-refractivity contribution in [3.05, 3.63) is 41.8 Å². The van der Waals surface area contributed by atoms with Gasteiger partial charge in [0.2, 0.25) is 0 Å². The average Bonchev–Trinajstić information content (AvgIpc) is 3.29. The van der Waals surface area contributed by atoms with Gasteiger partial charge in [0.15, 0.2) is 11.6 Å². The normalized spacial score (nSPS) is 20.1. The molecule has 0 saturated heterocycles. The second-order valence-electron chi connectivity index (χ2n) is 5.12. The number of anilines is 1. The maximum Gasteiger partial charge on any atom is 0.188 e. The smallest absolute Gasteiger partial charge is 0.188 e. The van der Waals surface area contributed by atoms with Gasteiger partial charge in [0.1, 0.15) is 12.1 Å². The van der Waals surface area contributed by atoms with E-state index in [4.69, 9.17) is 16.3 Å². The molecule has 1 heterocycles. The first-order valence-corrected chi connectivity index (χ1v) is 7.14. The molecule has 1 aliphatic carbocycles. The largest absolute Gasteiger partial charge is 0.452 e. The van der Waals surface area contributed by atoms with Crippen LogP contribution in [0.2, 0.25) is 5.02 Å². The SMILES string of the molecule is CN(c1ncncc1Oc1ccc(Cl)cc1)C1CC1CO. The van der Waals surface area contributed by atoms with Crippen molar-refractivity contribution < 1.29 is 9.84 Å². The third-order valence-electron chi connectivity index (χ3n) is 3.65. The number of aromatic nitrogens is 2. The second kappa shape index (κ2) is 5.87. The molecule has 0 spiro atoms. The fourth-order valence-corrected chi connectivity index (χ4v) is 2.46. The summed E-state index contributed by atoms with van der Waals surface area (Å²) in [5, 5.41) is 9.86. The van der Waals surface area contributed by atoms with Crippen molar-refractivity contribution in [3.63, 3.8) is 0 Å². The minimum Gasteiger partial charge on any atom is -0.452 e. The van der Waals surface area contributed by atoms with E-state index in [1.54, 1.807) is 30.5 Å². The minimum absolute atomic E-state index is 0.202. The van der Waals surface area contributed by atoms with Crippen molar-refractivity contribution in [1.29, 1.82) is 0 Å². The van der Waals surface area contributed by atoms with Gasteiger partial charge in [-0.3, -0.25) is 0 Å². The highest BCUT2D eigenvalue weighted by atomic mass is 35.5. The predicted molar refractivity (Wildman–Crippen MR) is 80.9 cm³/mol. The van der Waals surface area contributed by atoms with E-state index >= 15 is 0 Å². The van der Waals surface area contributed by atoms with Crippen LogP contribution < -0.4 is 9.64 Å². The Morgan fingerprint density at radius 2 is 2.14 bits per heavy atom. The van der Waals surface area contributed by atoms with Crippen LogP contribution in [0.1, 0.15) is 6.42 Å². The Balaban J connectivity index is 1.81. The molecule has 6 heteroatoms. The summed E-state index contributed by atoms with van der Waals surface area (Å²) in [5.41, 5.74) is 0. The molecule has 5 nitrogen and oxygen atoms in total. The van der Waals surface area contributed by atoms with Crippen molar-refractivity contribution in [3.8, 4) is 11.5 Å². The van der Waals surface area contributed by atoms with Crippen molar-refractivity contribution in [1.82, 2.24) is 9.97 Å². The van der Waals surface area contributed by atoms with E-state index in [1.807, 2.05) is 11.9 Å². The molecule has 2 unspecified atom stereocenters. The Kier molecular flexibility index (Phi) is 3.94. The van der Waals surface area contributed by atoms with Crippen LogP contribution in [0.25, 0.3) is 0 Å². The van der Waals surface area contributed by atoms with Gasteiger partial charge in [-0.1, -0.05) is 11.6 Å². The third kappa shape index (κ3) is 3.09. The first-order chi connectivity index (χ1) is 10.2. The van der Waals surface area contributed by atoms with Gasteiger partial charge in [-0.05, 0) is 30.7 Å². The summed E-state index contributed by atoms with van der Waals surface area (Å²) in [7, 11) is 1.96. The van der Waals surface area contributed by atoms with Gasteiger partial charge in [-0.2, -0.15) is 0 Å². The Labute approximate surface area is 128 Å². The number of rotatable bonds is 5. The molecule has 2 aromatic rings. The van der Waals surface area contributed by atoms with Gasteiger partial charge in [-0.25, -0.2) is 9.97 Å². The molecule has 0 aliphatic heterocycles. The van der Waals surface area contributed by atoms with Crippen LogP contribution in [0.4, 0.5) is 5.82 Å². The van der Waals surface area contributed by atoms with E-state index in [2.05, 4.69) is 9.97 Å². The van der Waals surface area contributed by atoms with Gasteiger partial charge in [-0.15, -0.1) is 0 Å². The number of benzene rings is 1. The number of aliphatic hydroxyl groups excluding tert-OH is 1. The number of hydrogen-bond donors (Lipinski definition) is 1. The lowest BCUT2D eigenvalue weighted by atomic mass is 10.3. The Morgan fingerprint density at radius 3 is 2.81 bits per heavy atom. The zero-order valence-corrected chi connectivity index (χ0v) is 12.4. The highest BCUT2D eigenvalue weighted by molar-refractivity contribution is 6.30. The predicted octanol–water partition coefficient (Wildman–Crippen LogP) is 2.74. The molecular weight excluding hydrogens is 290 g/mol. The summed E-state index contributed by atoms with van der Waals surface area (Å²) in [4.78, 5) is 10.4. The number of halogens is 1. The fourth-order valence-electron chi connectivity index (χ4n) is 2.34. The van der Waals surface area contributed by atoms with Crippen LogP contribution in [0, 0.1) is 5.92 Å². The molecule has 1 saturated carbocycles. The quantitative estimate of drug-likeness (QED) is 0.920. The lowest BCUT2D eigenvalue weighted by Crippen LogP contribution is -2.23. The lowest BCUT2D eigenvalue weighted by Gasteiger charge is -2.20. The molecule has 3 rings (SSSR count). The van der Waals surface area contributed by atoms with E-state index in [0.29, 0.717) is 28.5 Å². The monoisotopic (exact) mass is 305 g/mol. The van der Waals surface area contributed by atoms with E-state index in [9.17, 15) is 5.11 Å². The third-order valence-corrected chi connectivity index (χ3v) is 3.90. The van der Waals surface area contributed by atoms with E-state index in [-0.39, 0.29) is 6.61 Å². The molecular formula is C15H16ClN3O2. The summed E-state index contributed by atoms with van der Waals surface area (Å²) in [6.45, 7) is 0.202. The maximum atomic E-state index is 9.20. The minimum atomic E-state index is 0.202. The van der Waals surface area contributed by atoms with Crippen molar-refractivity contribution in [2.24, 2.45) is 5.92 Å².